The minimum Gasteiger partial charge on any atom is -0.505 e. The van der Waals surface area contributed by atoms with Crippen LogP contribution in [0.4, 0.5) is 5.13 Å². The van der Waals surface area contributed by atoms with E-state index in [2.05, 4.69) is 15.2 Å². The lowest BCUT2D eigenvalue weighted by atomic mass is 9.96. The largest absolute Gasteiger partial charge is 0.505 e. The summed E-state index contributed by atoms with van der Waals surface area (Å²) < 4.78 is 7.05. The molecule has 178 valence electrons. The van der Waals surface area contributed by atoms with Gasteiger partial charge in [0, 0.05) is 6.20 Å². The van der Waals surface area contributed by atoms with Crippen molar-refractivity contribution in [1.29, 1.82) is 0 Å². The Labute approximate surface area is 203 Å². The average molecular weight is 492 g/mol. The number of pyridine rings is 1. The minimum atomic E-state index is -1.04. The van der Waals surface area contributed by atoms with Crippen LogP contribution in [0, 0.1) is 20.8 Å². The number of Topliss-reactive ketones (excluding diaryl/α,β-unsaturated/α-hetero) is 1. The topological polar surface area (TPSA) is 130 Å². The fraction of sp³-hybridized carbons (Fsp3) is 0.208. The number of aliphatic hydroxyl groups excluding tert-OH is 1. The number of rotatable bonds is 4. The van der Waals surface area contributed by atoms with Crippen LogP contribution in [0.1, 0.15) is 33.6 Å². The minimum absolute atomic E-state index is 0.105. The Morgan fingerprint density at radius 2 is 1.91 bits per heavy atom. The Balaban J connectivity index is 1.78. The fourth-order valence-corrected chi connectivity index (χ4v) is 4.98. The van der Waals surface area contributed by atoms with Crippen LogP contribution in [0.2, 0.25) is 0 Å². The molecule has 1 atom stereocenters. The number of aromatic hydroxyl groups is 1. The van der Waals surface area contributed by atoms with Gasteiger partial charge in [-0.05, 0) is 50.1 Å². The number of nitrogens with zero attached hydrogens (tertiary/aromatic N) is 5. The SMILES string of the molecule is COc1cc(C2C(=C(O)c3nc4c(C)cccn4c3C)C(=O)C(=O)N2c2nnc(C)s2)ccc1O. The average Bonchev–Trinajstić information content (AvgIpc) is 3.49. The van der Waals surface area contributed by atoms with Gasteiger partial charge >= 0.3 is 5.91 Å². The molecule has 1 aliphatic rings. The molecule has 1 saturated heterocycles. The Hall–Kier alpha value is -4.25. The summed E-state index contributed by atoms with van der Waals surface area (Å²) in [6.07, 6.45) is 1.81. The highest BCUT2D eigenvalue weighted by Gasteiger charge is 2.49. The second-order valence-corrected chi connectivity index (χ2v) is 9.29. The highest BCUT2D eigenvalue weighted by Crippen LogP contribution is 2.44. The van der Waals surface area contributed by atoms with Crippen LogP contribution >= 0.6 is 11.3 Å². The monoisotopic (exact) mass is 491 g/mol. The predicted octanol–water partition coefficient (Wildman–Crippen LogP) is 3.45. The molecular weight excluding hydrogens is 470 g/mol. The molecule has 0 radical (unpaired) electrons. The molecule has 0 bridgehead atoms. The molecule has 4 aromatic rings. The highest BCUT2D eigenvalue weighted by molar-refractivity contribution is 7.15. The fourth-order valence-electron chi connectivity index (χ4n) is 4.27. The summed E-state index contributed by atoms with van der Waals surface area (Å²) in [6.45, 7) is 5.40. The van der Waals surface area contributed by atoms with Gasteiger partial charge in [0.15, 0.2) is 17.3 Å². The molecule has 1 unspecified atom stereocenters. The molecule has 0 aliphatic carbocycles. The smallest absolute Gasteiger partial charge is 0.301 e. The second-order valence-electron chi connectivity index (χ2n) is 8.13. The van der Waals surface area contributed by atoms with E-state index in [1.54, 1.807) is 19.9 Å². The lowest BCUT2D eigenvalue weighted by molar-refractivity contribution is -0.132. The van der Waals surface area contributed by atoms with Gasteiger partial charge in [0.05, 0.1) is 24.4 Å². The maximum absolute atomic E-state index is 13.3. The van der Waals surface area contributed by atoms with Crippen LogP contribution < -0.4 is 9.64 Å². The molecule has 11 heteroatoms. The van der Waals surface area contributed by atoms with Crippen molar-refractivity contribution in [1.82, 2.24) is 19.6 Å². The molecule has 10 nitrogen and oxygen atoms in total. The number of aryl methyl sites for hydroxylation is 3. The van der Waals surface area contributed by atoms with Crippen molar-refractivity contribution >= 4 is 39.6 Å². The van der Waals surface area contributed by atoms with E-state index in [4.69, 9.17) is 4.74 Å². The number of hydrogen-bond donors (Lipinski definition) is 2. The lowest BCUT2D eigenvalue weighted by Crippen LogP contribution is -2.29. The van der Waals surface area contributed by atoms with Crippen molar-refractivity contribution in [2.75, 3.05) is 12.0 Å². The number of carbonyl (C=O) groups is 2. The van der Waals surface area contributed by atoms with Crippen LogP contribution in [-0.2, 0) is 9.59 Å². The van der Waals surface area contributed by atoms with Gasteiger partial charge in [-0.15, -0.1) is 10.2 Å². The first-order chi connectivity index (χ1) is 16.7. The number of imidazole rings is 1. The summed E-state index contributed by atoms with van der Waals surface area (Å²) in [7, 11) is 1.40. The van der Waals surface area contributed by atoms with Gasteiger partial charge in [-0.1, -0.05) is 23.5 Å². The van der Waals surface area contributed by atoms with Crippen LogP contribution in [-0.4, -0.2) is 48.6 Å². The summed E-state index contributed by atoms with van der Waals surface area (Å²) in [5, 5.41) is 30.4. The van der Waals surface area contributed by atoms with E-state index < -0.39 is 23.5 Å². The van der Waals surface area contributed by atoms with Crippen molar-refractivity contribution in [2.45, 2.75) is 26.8 Å². The molecule has 1 amide bonds. The third-order valence-corrected chi connectivity index (χ3v) is 6.83. The standard InChI is InChI=1S/C24H21N5O5S/c1-11-6-5-9-28-12(2)18(25-22(11)28)20(31)17-19(14-7-8-15(30)16(10-14)34-4)29(23(33)21(17)32)24-27-26-13(3)35-24/h5-10,19,30-31H,1-4H3. The molecule has 4 heterocycles. The van der Waals surface area contributed by atoms with Gasteiger partial charge in [0.2, 0.25) is 5.13 Å². The highest BCUT2D eigenvalue weighted by atomic mass is 32.1. The third-order valence-electron chi connectivity index (χ3n) is 5.99. The molecule has 5 rings (SSSR count). The van der Waals surface area contributed by atoms with E-state index in [0.717, 1.165) is 16.9 Å². The Morgan fingerprint density at radius 1 is 1.14 bits per heavy atom. The van der Waals surface area contributed by atoms with Crippen molar-refractivity contribution in [3.8, 4) is 11.5 Å². The number of amides is 1. The van der Waals surface area contributed by atoms with E-state index in [-0.39, 0.29) is 27.9 Å². The molecule has 0 saturated carbocycles. The molecule has 3 aromatic heterocycles. The summed E-state index contributed by atoms with van der Waals surface area (Å²) in [4.78, 5) is 32.4. The molecule has 0 spiro atoms. The zero-order valence-corrected chi connectivity index (χ0v) is 20.1. The number of hydrogen-bond acceptors (Lipinski definition) is 9. The quantitative estimate of drug-likeness (QED) is 0.252. The zero-order valence-electron chi connectivity index (χ0n) is 19.3. The molecule has 1 aliphatic heterocycles. The van der Waals surface area contributed by atoms with Gasteiger partial charge in [-0.3, -0.25) is 14.5 Å². The first kappa shape index (κ1) is 22.5. The number of methoxy groups -OCH3 is 1. The summed E-state index contributed by atoms with van der Waals surface area (Å²) in [5.74, 6) is -2.07. The van der Waals surface area contributed by atoms with E-state index in [1.807, 2.05) is 29.7 Å². The summed E-state index contributed by atoms with van der Waals surface area (Å²) in [5.41, 5.74) is 2.62. The molecular formula is C24H21N5O5S. The van der Waals surface area contributed by atoms with E-state index in [9.17, 15) is 19.8 Å². The number of aromatic nitrogens is 4. The Morgan fingerprint density at radius 3 is 2.57 bits per heavy atom. The number of ether oxygens (including phenoxy) is 1. The van der Waals surface area contributed by atoms with Crippen molar-refractivity contribution in [3.05, 3.63) is 69.6 Å². The Kier molecular flexibility index (Phi) is 5.28. The van der Waals surface area contributed by atoms with Crippen LogP contribution in [0.5, 0.6) is 11.5 Å². The number of ketones is 1. The van der Waals surface area contributed by atoms with Crippen molar-refractivity contribution < 1.29 is 24.5 Å². The normalized spacial score (nSPS) is 17.5. The van der Waals surface area contributed by atoms with Crippen LogP contribution in [0.3, 0.4) is 0 Å². The lowest BCUT2D eigenvalue weighted by Gasteiger charge is -2.23. The van der Waals surface area contributed by atoms with E-state index in [0.29, 0.717) is 21.9 Å². The number of phenolic OH excluding ortho intramolecular Hbond substituents is 1. The summed E-state index contributed by atoms with van der Waals surface area (Å²) in [6, 6.07) is 7.19. The number of fused-ring (bicyclic) bond motifs is 1. The molecule has 2 N–H and O–H groups in total. The third kappa shape index (κ3) is 3.43. The number of carbonyl (C=O) groups excluding carboxylic acids is 2. The van der Waals surface area contributed by atoms with Gasteiger partial charge in [0.1, 0.15) is 16.3 Å². The first-order valence-electron chi connectivity index (χ1n) is 10.7. The van der Waals surface area contributed by atoms with Gasteiger partial charge in [0.25, 0.3) is 5.78 Å². The summed E-state index contributed by atoms with van der Waals surface area (Å²) >= 11 is 1.15. The zero-order chi connectivity index (χ0) is 25.0. The number of benzene rings is 1. The van der Waals surface area contributed by atoms with Gasteiger partial charge in [-0.2, -0.15) is 0 Å². The molecule has 35 heavy (non-hydrogen) atoms. The number of aliphatic hydroxyl groups is 1. The first-order valence-corrected chi connectivity index (χ1v) is 11.5. The maximum atomic E-state index is 13.3. The van der Waals surface area contributed by atoms with Crippen LogP contribution in [0.25, 0.3) is 11.4 Å². The van der Waals surface area contributed by atoms with E-state index >= 15 is 0 Å². The van der Waals surface area contributed by atoms with Crippen molar-refractivity contribution in [3.63, 3.8) is 0 Å². The molecule has 1 aromatic carbocycles. The predicted molar refractivity (Wildman–Crippen MR) is 129 cm³/mol. The van der Waals surface area contributed by atoms with Crippen molar-refractivity contribution in [2.24, 2.45) is 0 Å². The Bertz CT molecular complexity index is 1550. The number of phenols is 1. The molecule has 1 fully saturated rings. The van der Waals surface area contributed by atoms with Gasteiger partial charge in [-0.25, -0.2) is 4.98 Å². The van der Waals surface area contributed by atoms with Crippen LogP contribution in [0.15, 0.2) is 42.1 Å². The number of anilines is 1. The van der Waals surface area contributed by atoms with Gasteiger partial charge < -0.3 is 19.4 Å². The van der Waals surface area contributed by atoms with E-state index in [1.165, 1.54) is 24.1 Å². The maximum Gasteiger partial charge on any atom is 0.301 e. The second kappa shape index (κ2) is 8.20.